The monoisotopic (exact) mass is 351 g/mol. The second-order valence-electron chi connectivity index (χ2n) is 7.56. The predicted molar refractivity (Wildman–Crippen MR) is 98.8 cm³/mol. The Kier molecular flexibility index (Phi) is 5.11. The summed E-state index contributed by atoms with van der Waals surface area (Å²) in [6, 6.07) is 5.76. The van der Waals surface area contributed by atoms with Crippen LogP contribution < -0.4 is 5.32 Å². The Morgan fingerprint density at radius 2 is 2.22 bits per heavy atom. The Bertz CT molecular complexity index is 674. The number of fused-ring (bicyclic) bond motifs is 1. The fourth-order valence-electron chi connectivity index (χ4n) is 3.06. The van der Waals surface area contributed by atoms with E-state index in [-0.39, 0.29) is 0 Å². The van der Waals surface area contributed by atoms with Crippen LogP contribution in [0.5, 0.6) is 0 Å². The van der Waals surface area contributed by atoms with Crippen LogP contribution in [-0.4, -0.2) is 30.8 Å². The highest BCUT2D eigenvalue weighted by Gasteiger charge is 2.22. The molecule has 0 saturated carbocycles. The molecule has 1 atom stereocenters. The molecule has 23 heavy (non-hydrogen) atoms. The minimum absolute atomic E-state index is 0.404. The third-order valence-electron chi connectivity index (χ3n) is 4.42. The summed E-state index contributed by atoms with van der Waals surface area (Å²) < 4.78 is 8.27. The molecule has 1 N–H and O–H groups in total. The van der Waals surface area contributed by atoms with Crippen molar-refractivity contribution in [2.24, 2.45) is 0 Å². The molecule has 0 spiro atoms. The van der Waals surface area contributed by atoms with E-state index in [4.69, 9.17) is 16.3 Å². The van der Waals surface area contributed by atoms with Gasteiger partial charge < -0.3 is 14.6 Å². The first-order chi connectivity index (χ1) is 10.9. The summed E-state index contributed by atoms with van der Waals surface area (Å²) in [5, 5.41) is 5.24. The van der Waals surface area contributed by atoms with E-state index < -0.39 is 8.07 Å². The van der Waals surface area contributed by atoms with E-state index >= 15 is 0 Å². The first kappa shape index (κ1) is 17.0. The minimum Gasteiger partial charge on any atom is -0.361 e. The van der Waals surface area contributed by atoms with Crippen molar-refractivity contribution in [1.29, 1.82) is 0 Å². The van der Waals surface area contributed by atoms with E-state index in [0.717, 1.165) is 24.1 Å². The van der Waals surface area contributed by atoms with Gasteiger partial charge in [-0.15, -0.1) is 0 Å². The molecule has 6 heteroatoms. The number of halogens is 1. The van der Waals surface area contributed by atoms with Gasteiger partial charge in [0.1, 0.15) is 11.9 Å². The van der Waals surface area contributed by atoms with E-state index in [1.165, 1.54) is 24.6 Å². The average Bonchev–Trinajstić information content (AvgIpc) is 3.10. The average molecular weight is 352 g/mol. The molecular weight excluding hydrogens is 326 g/mol. The lowest BCUT2D eigenvalue weighted by Gasteiger charge is -2.18. The van der Waals surface area contributed by atoms with Crippen LogP contribution in [0.25, 0.3) is 10.9 Å². The van der Waals surface area contributed by atoms with Crippen molar-refractivity contribution in [3.05, 3.63) is 29.2 Å². The molecule has 0 radical (unpaired) electrons. The molecule has 3 rings (SSSR count). The standard InChI is InChI=1S/C17H26ClN3OSi/c1-23(2,3)8-7-22-12-21-15-10-17(18)20-11-13(15)9-16(21)14-5-4-6-19-14/h9-11,14,19H,4-8,12H2,1-3H3/t14-/m1/s1. The lowest BCUT2D eigenvalue weighted by Crippen LogP contribution is -2.22. The number of nitrogens with one attached hydrogen (secondary N) is 1. The molecule has 1 fully saturated rings. The van der Waals surface area contributed by atoms with Gasteiger partial charge in [0, 0.05) is 38.0 Å². The molecule has 2 aromatic heterocycles. The maximum Gasteiger partial charge on any atom is 0.131 e. The highest BCUT2D eigenvalue weighted by atomic mass is 35.5. The Hall–Kier alpha value is -0.883. The minimum atomic E-state index is -1.06. The van der Waals surface area contributed by atoms with Gasteiger partial charge in [0.25, 0.3) is 0 Å². The molecule has 0 bridgehead atoms. The largest absolute Gasteiger partial charge is 0.361 e. The van der Waals surface area contributed by atoms with Gasteiger partial charge in [0.2, 0.25) is 0 Å². The zero-order valence-electron chi connectivity index (χ0n) is 14.2. The number of aromatic nitrogens is 2. The zero-order chi connectivity index (χ0) is 16.4. The molecule has 0 amide bonds. The summed E-state index contributed by atoms with van der Waals surface area (Å²) >= 11 is 6.11. The van der Waals surface area contributed by atoms with Crippen molar-refractivity contribution in [3.63, 3.8) is 0 Å². The molecule has 126 valence electrons. The maximum absolute atomic E-state index is 6.11. The Labute approximate surface area is 144 Å². The summed E-state index contributed by atoms with van der Waals surface area (Å²) in [6.45, 7) is 9.62. The van der Waals surface area contributed by atoms with Crippen molar-refractivity contribution < 1.29 is 4.74 Å². The molecule has 4 nitrogen and oxygen atoms in total. The molecular formula is C17H26ClN3OSi. The predicted octanol–water partition coefficient (Wildman–Crippen LogP) is 4.43. The zero-order valence-corrected chi connectivity index (χ0v) is 16.0. The lowest BCUT2D eigenvalue weighted by molar-refractivity contribution is 0.0875. The van der Waals surface area contributed by atoms with Crippen LogP contribution in [0.3, 0.4) is 0 Å². The normalized spacial score (nSPS) is 18.9. The van der Waals surface area contributed by atoms with Crippen molar-refractivity contribution >= 4 is 30.6 Å². The summed E-state index contributed by atoms with van der Waals surface area (Å²) in [5.41, 5.74) is 2.40. The van der Waals surface area contributed by atoms with Crippen LogP contribution in [-0.2, 0) is 11.5 Å². The number of pyridine rings is 1. The van der Waals surface area contributed by atoms with Crippen LogP contribution >= 0.6 is 11.6 Å². The second kappa shape index (κ2) is 6.93. The number of rotatable bonds is 6. The number of ether oxygens (including phenoxy) is 1. The van der Waals surface area contributed by atoms with E-state index in [1.54, 1.807) is 0 Å². The maximum atomic E-state index is 6.11. The molecule has 1 saturated heterocycles. The molecule has 2 aromatic rings. The van der Waals surface area contributed by atoms with Crippen molar-refractivity contribution in [1.82, 2.24) is 14.9 Å². The smallest absolute Gasteiger partial charge is 0.131 e. The van der Waals surface area contributed by atoms with Crippen LogP contribution in [0.2, 0.25) is 30.8 Å². The molecule has 0 aliphatic carbocycles. The Balaban J connectivity index is 1.83. The van der Waals surface area contributed by atoms with Crippen molar-refractivity contribution in [2.75, 3.05) is 13.2 Å². The lowest BCUT2D eigenvalue weighted by atomic mass is 10.1. The van der Waals surface area contributed by atoms with E-state index in [0.29, 0.717) is 17.9 Å². The fourth-order valence-corrected chi connectivity index (χ4v) is 3.96. The van der Waals surface area contributed by atoms with Crippen LogP contribution in [0.15, 0.2) is 18.3 Å². The van der Waals surface area contributed by atoms with Gasteiger partial charge in [-0.3, -0.25) is 0 Å². The van der Waals surface area contributed by atoms with Gasteiger partial charge in [0.05, 0.1) is 5.52 Å². The fraction of sp³-hybridized carbons (Fsp3) is 0.588. The van der Waals surface area contributed by atoms with Gasteiger partial charge in [-0.05, 0) is 37.6 Å². The van der Waals surface area contributed by atoms with Crippen molar-refractivity contribution in [3.8, 4) is 0 Å². The molecule has 1 aliphatic rings. The Morgan fingerprint density at radius 1 is 1.39 bits per heavy atom. The second-order valence-corrected chi connectivity index (χ2v) is 13.6. The molecule has 0 aromatic carbocycles. The van der Waals surface area contributed by atoms with E-state index in [2.05, 4.69) is 40.6 Å². The van der Waals surface area contributed by atoms with Gasteiger partial charge in [-0.2, -0.15) is 0 Å². The Morgan fingerprint density at radius 3 is 2.91 bits per heavy atom. The number of nitrogens with zero attached hydrogens (tertiary/aromatic N) is 2. The highest BCUT2D eigenvalue weighted by Crippen LogP contribution is 2.30. The van der Waals surface area contributed by atoms with Crippen LogP contribution in [0.4, 0.5) is 0 Å². The first-order valence-corrected chi connectivity index (χ1v) is 12.5. The SMILES string of the molecule is C[Si](C)(C)CCOCn1c([C@H]2CCCN2)cc2cnc(Cl)cc21. The van der Waals surface area contributed by atoms with Crippen molar-refractivity contribution in [2.45, 2.75) is 51.3 Å². The van der Waals surface area contributed by atoms with E-state index in [9.17, 15) is 0 Å². The molecule has 1 aliphatic heterocycles. The summed E-state index contributed by atoms with van der Waals surface area (Å²) in [6.07, 6.45) is 4.25. The summed E-state index contributed by atoms with van der Waals surface area (Å²) in [4.78, 5) is 4.21. The van der Waals surface area contributed by atoms with Gasteiger partial charge >= 0.3 is 0 Å². The van der Waals surface area contributed by atoms with Gasteiger partial charge in [-0.1, -0.05) is 31.2 Å². The summed E-state index contributed by atoms with van der Waals surface area (Å²) in [7, 11) is -1.06. The number of hydrogen-bond donors (Lipinski definition) is 1. The molecule has 3 heterocycles. The van der Waals surface area contributed by atoms with Gasteiger partial charge in [-0.25, -0.2) is 4.98 Å². The van der Waals surface area contributed by atoms with E-state index in [1.807, 2.05) is 12.3 Å². The summed E-state index contributed by atoms with van der Waals surface area (Å²) in [5.74, 6) is 0. The van der Waals surface area contributed by atoms with Gasteiger partial charge in [0.15, 0.2) is 0 Å². The third-order valence-corrected chi connectivity index (χ3v) is 6.33. The van der Waals surface area contributed by atoms with Crippen LogP contribution in [0, 0.1) is 0 Å². The number of hydrogen-bond acceptors (Lipinski definition) is 3. The topological polar surface area (TPSA) is 39.1 Å². The third kappa shape index (κ3) is 4.15. The quantitative estimate of drug-likeness (QED) is 0.475. The first-order valence-electron chi connectivity index (χ1n) is 8.40. The van der Waals surface area contributed by atoms with Crippen LogP contribution in [0.1, 0.15) is 24.6 Å². The highest BCUT2D eigenvalue weighted by molar-refractivity contribution is 6.76. The molecule has 0 unspecified atom stereocenters.